The summed E-state index contributed by atoms with van der Waals surface area (Å²) in [7, 11) is 8.17. The number of nitrogens with one attached hydrogen (secondary N) is 1. The molecule has 1 amide bonds. The second kappa shape index (κ2) is 22.4. The van der Waals surface area contributed by atoms with E-state index in [4.69, 9.17) is 14.3 Å². The van der Waals surface area contributed by atoms with Crippen molar-refractivity contribution in [1.29, 1.82) is 0 Å². The smallest absolute Gasteiger partial charge is 0.426 e. The summed E-state index contributed by atoms with van der Waals surface area (Å²) in [6.45, 7) is 7.53. The van der Waals surface area contributed by atoms with Crippen LogP contribution in [0, 0.1) is 0 Å². The molecule has 0 spiro atoms. The van der Waals surface area contributed by atoms with Crippen molar-refractivity contribution in [3.63, 3.8) is 0 Å². The van der Waals surface area contributed by atoms with E-state index in [9.17, 15) is 9.59 Å². The van der Waals surface area contributed by atoms with E-state index in [0.29, 0.717) is 32.8 Å². The second-order valence-corrected chi connectivity index (χ2v) is 8.90. The molecule has 0 aliphatic rings. The molecule has 0 radical (unpaired) electrons. The van der Waals surface area contributed by atoms with Crippen LogP contribution in [0.15, 0.2) is 0 Å². The van der Waals surface area contributed by atoms with Crippen molar-refractivity contribution in [3.8, 4) is 0 Å². The minimum atomic E-state index is -0.379. The molecule has 0 aromatic heterocycles. The first kappa shape index (κ1) is 31.6. The lowest BCUT2D eigenvalue weighted by Crippen LogP contribution is -2.37. The third-order valence-corrected chi connectivity index (χ3v) is 4.90. The lowest BCUT2D eigenvalue weighted by Gasteiger charge is -2.23. The molecule has 0 rings (SSSR count). The van der Waals surface area contributed by atoms with Crippen molar-refractivity contribution >= 4 is 12.1 Å². The van der Waals surface area contributed by atoms with Gasteiger partial charge in [-0.25, -0.2) is 4.79 Å². The molecule has 0 aromatic carbocycles. The van der Waals surface area contributed by atoms with E-state index in [0.717, 1.165) is 77.5 Å². The van der Waals surface area contributed by atoms with Gasteiger partial charge in [-0.3, -0.25) is 4.79 Å². The van der Waals surface area contributed by atoms with Crippen LogP contribution >= 0.6 is 0 Å². The van der Waals surface area contributed by atoms with E-state index in [2.05, 4.69) is 15.1 Å². The van der Waals surface area contributed by atoms with E-state index in [1.165, 1.54) is 0 Å². The van der Waals surface area contributed by atoms with Gasteiger partial charge in [-0.05, 0) is 73.4 Å². The van der Waals surface area contributed by atoms with Crippen molar-refractivity contribution < 1.29 is 23.9 Å². The minimum Gasteiger partial charge on any atom is -0.463 e. The standard InChI is InChI=1S/C24H50N4O5/c1-6-20-31-21-22-32-23(29)14-10-8-7-9-11-15-25-24(30)33-28(18-12-16-26(2)3)19-13-17-27(4)5/h6-22H2,1-5H3,(H,25,30). The maximum Gasteiger partial charge on any atom is 0.426 e. The Morgan fingerprint density at radius 1 is 0.727 bits per heavy atom. The number of hydrogen-bond acceptors (Lipinski definition) is 8. The van der Waals surface area contributed by atoms with Crippen LogP contribution in [-0.2, 0) is 19.1 Å². The topological polar surface area (TPSA) is 83.6 Å². The summed E-state index contributed by atoms with van der Waals surface area (Å²) < 4.78 is 10.4. The Labute approximate surface area is 202 Å². The predicted molar refractivity (Wildman–Crippen MR) is 132 cm³/mol. The molecule has 0 fully saturated rings. The number of ether oxygens (including phenoxy) is 2. The second-order valence-electron chi connectivity index (χ2n) is 8.90. The number of nitrogens with zero attached hydrogens (tertiary/aromatic N) is 3. The highest BCUT2D eigenvalue weighted by Gasteiger charge is 2.11. The molecule has 0 saturated heterocycles. The van der Waals surface area contributed by atoms with Crippen LogP contribution < -0.4 is 5.32 Å². The van der Waals surface area contributed by atoms with Gasteiger partial charge in [0.15, 0.2) is 0 Å². The van der Waals surface area contributed by atoms with Crippen LogP contribution in [0.25, 0.3) is 0 Å². The number of amides is 1. The fourth-order valence-corrected chi connectivity index (χ4v) is 3.13. The summed E-state index contributed by atoms with van der Waals surface area (Å²) in [4.78, 5) is 33.6. The highest BCUT2D eigenvalue weighted by molar-refractivity contribution is 5.69. The number of hydrogen-bond donors (Lipinski definition) is 1. The molecule has 9 nitrogen and oxygen atoms in total. The average molecular weight is 475 g/mol. The number of unbranched alkanes of at least 4 members (excludes halogenated alkanes) is 4. The zero-order chi connectivity index (χ0) is 24.7. The SMILES string of the molecule is CCCOCCOC(=O)CCCCCCCNC(=O)ON(CCCN(C)C)CCCN(C)C. The van der Waals surface area contributed by atoms with E-state index in [1.54, 1.807) is 5.06 Å². The van der Waals surface area contributed by atoms with Crippen LogP contribution in [0.5, 0.6) is 0 Å². The predicted octanol–water partition coefficient (Wildman–Crippen LogP) is 3.14. The highest BCUT2D eigenvalue weighted by Crippen LogP contribution is 2.06. The molecule has 0 aliphatic heterocycles. The lowest BCUT2D eigenvalue weighted by molar-refractivity contribution is -0.145. The van der Waals surface area contributed by atoms with Gasteiger partial charge in [0.2, 0.25) is 0 Å². The quantitative estimate of drug-likeness (QED) is 0.146. The van der Waals surface area contributed by atoms with Crippen LogP contribution in [0.1, 0.15) is 64.7 Å². The monoisotopic (exact) mass is 474 g/mol. The summed E-state index contributed by atoms with van der Waals surface area (Å²) in [5, 5.41) is 4.62. The molecule has 1 N–H and O–H groups in total. The van der Waals surface area contributed by atoms with Gasteiger partial charge in [-0.2, -0.15) is 0 Å². The molecule has 0 bridgehead atoms. The molecular formula is C24H50N4O5. The first-order valence-electron chi connectivity index (χ1n) is 12.6. The van der Waals surface area contributed by atoms with Crippen molar-refractivity contribution in [1.82, 2.24) is 20.2 Å². The van der Waals surface area contributed by atoms with Gasteiger partial charge in [-0.1, -0.05) is 26.2 Å². The molecule has 0 saturated carbocycles. The van der Waals surface area contributed by atoms with Crippen LogP contribution in [0.4, 0.5) is 4.79 Å². The Bertz CT molecular complexity index is 464. The number of rotatable bonds is 22. The van der Waals surface area contributed by atoms with Gasteiger partial charge in [0.25, 0.3) is 0 Å². The Hall–Kier alpha value is -1.42. The van der Waals surface area contributed by atoms with Crippen molar-refractivity contribution in [3.05, 3.63) is 0 Å². The molecule has 0 atom stereocenters. The summed E-state index contributed by atoms with van der Waals surface area (Å²) in [5.74, 6) is -0.153. The molecule has 0 aromatic rings. The molecule has 196 valence electrons. The van der Waals surface area contributed by atoms with E-state index in [-0.39, 0.29) is 12.1 Å². The lowest BCUT2D eigenvalue weighted by atomic mass is 10.1. The van der Waals surface area contributed by atoms with E-state index in [1.807, 2.05) is 35.1 Å². The fraction of sp³-hybridized carbons (Fsp3) is 0.917. The van der Waals surface area contributed by atoms with Gasteiger partial charge in [0.05, 0.1) is 6.61 Å². The van der Waals surface area contributed by atoms with Crippen molar-refractivity contribution in [2.45, 2.75) is 64.7 Å². The zero-order valence-electron chi connectivity index (χ0n) is 21.9. The van der Waals surface area contributed by atoms with Gasteiger partial charge < -0.3 is 29.4 Å². The van der Waals surface area contributed by atoms with Gasteiger partial charge in [0, 0.05) is 32.7 Å². The molecule has 0 aliphatic carbocycles. The molecular weight excluding hydrogens is 424 g/mol. The largest absolute Gasteiger partial charge is 0.463 e. The summed E-state index contributed by atoms with van der Waals surface area (Å²) in [5.41, 5.74) is 0. The Balaban J connectivity index is 3.79. The third kappa shape index (κ3) is 23.5. The number of esters is 1. The zero-order valence-corrected chi connectivity index (χ0v) is 21.9. The molecule has 33 heavy (non-hydrogen) atoms. The Kier molecular flexibility index (Phi) is 21.4. The normalized spacial score (nSPS) is 11.4. The highest BCUT2D eigenvalue weighted by atomic mass is 16.7. The number of carbonyl (C=O) groups excluding carboxylic acids is 2. The molecule has 0 unspecified atom stereocenters. The summed E-state index contributed by atoms with van der Waals surface area (Å²) in [6, 6.07) is 0. The number of hydroxylamine groups is 2. The fourth-order valence-electron chi connectivity index (χ4n) is 3.13. The van der Waals surface area contributed by atoms with E-state index < -0.39 is 0 Å². The first-order chi connectivity index (χ1) is 15.8. The van der Waals surface area contributed by atoms with Crippen LogP contribution in [-0.4, -0.2) is 108 Å². The average Bonchev–Trinajstić information content (AvgIpc) is 2.74. The van der Waals surface area contributed by atoms with Gasteiger partial charge in [-0.15, -0.1) is 5.06 Å². The van der Waals surface area contributed by atoms with Gasteiger partial charge >= 0.3 is 12.1 Å². The summed E-state index contributed by atoms with van der Waals surface area (Å²) in [6.07, 6.45) is 7.69. The van der Waals surface area contributed by atoms with Gasteiger partial charge in [0.1, 0.15) is 6.61 Å². The Morgan fingerprint density at radius 2 is 1.33 bits per heavy atom. The minimum absolute atomic E-state index is 0.153. The third-order valence-electron chi connectivity index (χ3n) is 4.90. The maximum atomic E-state index is 12.1. The summed E-state index contributed by atoms with van der Waals surface area (Å²) >= 11 is 0. The van der Waals surface area contributed by atoms with Crippen molar-refractivity contribution in [2.75, 3.05) is 80.7 Å². The Morgan fingerprint density at radius 3 is 1.94 bits per heavy atom. The van der Waals surface area contributed by atoms with Crippen LogP contribution in [0.2, 0.25) is 0 Å². The number of carbonyl (C=O) groups is 2. The first-order valence-corrected chi connectivity index (χ1v) is 12.6. The van der Waals surface area contributed by atoms with E-state index >= 15 is 0 Å². The molecule has 9 heteroatoms. The molecule has 0 heterocycles. The maximum absolute atomic E-state index is 12.1. The van der Waals surface area contributed by atoms with Crippen molar-refractivity contribution in [2.24, 2.45) is 0 Å². The van der Waals surface area contributed by atoms with Crippen LogP contribution in [0.3, 0.4) is 0 Å².